The number of nitrogen functional groups attached to an aromatic ring is 1. The van der Waals surface area contributed by atoms with E-state index in [1.54, 1.807) is 31.2 Å². The third kappa shape index (κ3) is 2.53. The molecule has 0 spiro atoms. The summed E-state index contributed by atoms with van der Waals surface area (Å²) in [5.41, 5.74) is 5.39. The zero-order valence-corrected chi connectivity index (χ0v) is 10.6. The van der Waals surface area contributed by atoms with Gasteiger partial charge in [-0.3, -0.25) is 9.59 Å². The van der Waals surface area contributed by atoms with Gasteiger partial charge in [-0.05, 0) is 25.1 Å². The predicted molar refractivity (Wildman–Crippen MR) is 68.7 cm³/mol. The molecule has 1 aliphatic rings. The third-order valence-electron chi connectivity index (χ3n) is 3.40. The Morgan fingerprint density at radius 2 is 2.26 bits per heavy atom. The number of benzene rings is 1. The predicted octanol–water partition coefficient (Wildman–Crippen LogP) is 0.488. The lowest BCUT2D eigenvalue weighted by molar-refractivity contribution is -0.148. The lowest BCUT2D eigenvalue weighted by Gasteiger charge is -2.25. The molecule has 0 aliphatic carbocycles. The van der Waals surface area contributed by atoms with Crippen molar-refractivity contribution >= 4 is 17.6 Å². The first-order valence-electron chi connectivity index (χ1n) is 5.91. The molecule has 6 heteroatoms. The summed E-state index contributed by atoms with van der Waals surface area (Å²) in [6.45, 7) is 1.84. The molecule has 19 heavy (non-hydrogen) atoms. The van der Waals surface area contributed by atoms with Crippen molar-refractivity contribution in [2.75, 3.05) is 18.9 Å². The number of carboxylic acids is 1. The van der Waals surface area contributed by atoms with Gasteiger partial charge in [0.2, 0.25) is 0 Å². The van der Waals surface area contributed by atoms with Crippen LogP contribution in [0.2, 0.25) is 0 Å². The van der Waals surface area contributed by atoms with E-state index >= 15 is 0 Å². The number of carboxylic acid groups (broad SMARTS) is 1. The van der Waals surface area contributed by atoms with E-state index in [1.807, 2.05) is 0 Å². The highest BCUT2D eigenvalue weighted by Gasteiger charge is 2.47. The van der Waals surface area contributed by atoms with Crippen molar-refractivity contribution in [2.45, 2.75) is 13.0 Å². The van der Waals surface area contributed by atoms with E-state index in [-0.39, 0.29) is 19.1 Å². The molecule has 1 aromatic carbocycles. The Morgan fingerprint density at radius 1 is 1.53 bits per heavy atom. The fraction of sp³-hybridized carbons (Fsp3) is 0.385. The van der Waals surface area contributed by atoms with Gasteiger partial charge in [0.05, 0.1) is 19.3 Å². The normalized spacial score (nSPS) is 26.1. The van der Waals surface area contributed by atoms with E-state index < -0.39 is 17.4 Å². The van der Waals surface area contributed by atoms with Gasteiger partial charge in [-0.15, -0.1) is 0 Å². The van der Waals surface area contributed by atoms with E-state index in [4.69, 9.17) is 10.5 Å². The molecule has 1 aromatic rings. The Hall–Kier alpha value is -2.08. The van der Waals surface area contributed by atoms with Gasteiger partial charge < -0.3 is 20.9 Å². The number of amides is 1. The van der Waals surface area contributed by atoms with Crippen LogP contribution in [-0.2, 0) is 9.53 Å². The maximum atomic E-state index is 12.0. The zero-order chi connectivity index (χ0) is 14.0. The third-order valence-corrected chi connectivity index (χ3v) is 3.40. The van der Waals surface area contributed by atoms with Crippen LogP contribution in [0.4, 0.5) is 5.69 Å². The van der Waals surface area contributed by atoms with Crippen LogP contribution in [0.15, 0.2) is 24.3 Å². The van der Waals surface area contributed by atoms with E-state index in [0.29, 0.717) is 11.3 Å². The summed E-state index contributed by atoms with van der Waals surface area (Å²) in [5.74, 6) is -1.34. The van der Waals surface area contributed by atoms with E-state index in [1.165, 1.54) is 0 Å². The van der Waals surface area contributed by atoms with Gasteiger partial charge in [0.15, 0.2) is 0 Å². The quantitative estimate of drug-likeness (QED) is 0.689. The second-order valence-corrected chi connectivity index (χ2v) is 4.89. The maximum absolute atomic E-state index is 12.0. The monoisotopic (exact) mass is 264 g/mol. The van der Waals surface area contributed by atoms with Crippen molar-refractivity contribution in [1.82, 2.24) is 5.32 Å². The molecule has 0 aromatic heterocycles. The lowest BCUT2D eigenvalue weighted by atomic mass is 9.85. The molecule has 6 nitrogen and oxygen atoms in total. The van der Waals surface area contributed by atoms with Crippen LogP contribution in [0.5, 0.6) is 0 Å². The molecule has 1 saturated heterocycles. The summed E-state index contributed by atoms with van der Waals surface area (Å²) >= 11 is 0. The zero-order valence-electron chi connectivity index (χ0n) is 10.6. The number of hydrogen-bond donors (Lipinski definition) is 3. The Bertz CT molecular complexity index is 517. The number of nitrogens with one attached hydrogen (secondary N) is 1. The molecule has 1 fully saturated rings. The molecular weight excluding hydrogens is 248 g/mol. The average molecular weight is 264 g/mol. The Balaban J connectivity index is 2.13. The molecule has 1 aliphatic heterocycles. The second kappa shape index (κ2) is 4.89. The van der Waals surface area contributed by atoms with Gasteiger partial charge in [0.1, 0.15) is 5.41 Å². The van der Waals surface area contributed by atoms with Gasteiger partial charge in [0, 0.05) is 11.3 Å². The molecule has 2 atom stereocenters. The Kier molecular flexibility index (Phi) is 3.44. The molecule has 0 saturated carbocycles. The minimum Gasteiger partial charge on any atom is -0.481 e. The van der Waals surface area contributed by atoms with Crippen LogP contribution in [0.25, 0.3) is 0 Å². The Labute approximate surface area is 110 Å². The summed E-state index contributed by atoms with van der Waals surface area (Å²) in [4.78, 5) is 23.3. The van der Waals surface area contributed by atoms with Crippen LogP contribution in [0, 0.1) is 5.41 Å². The van der Waals surface area contributed by atoms with Crippen molar-refractivity contribution < 1.29 is 19.4 Å². The minimum atomic E-state index is -1.10. The molecule has 2 unspecified atom stereocenters. The van der Waals surface area contributed by atoms with Crippen LogP contribution < -0.4 is 11.1 Å². The summed E-state index contributed by atoms with van der Waals surface area (Å²) in [6, 6.07) is 5.96. The van der Waals surface area contributed by atoms with Crippen LogP contribution in [0.3, 0.4) is 0 Å². The molecule has 1 heterocycles. The summed E-state index contributed by atoms with van der Waals surface area (Å²) in [6.07, 6.45) is 0. The number of rotatable bonds is 3. The number of nitrogens with two attached hydrogens (primary N) is 1. The van der Waals surface area contributed by atoms with Crippen molar-refractivity contribution in [2.24, 2.45) is 5.41 Å². The molecule has 4 N–H and O–H groups in total. The lowest BCUT2D eigenvalue weighted by Crippen LogP contribution is -2.49. The molecule has 1 amide bonds. The first kappa shape index (κ1) is 13.4. The maximum Gasteiger partial charge on any atom is 0.313 e. The van der Waals surface area contributed by atoms with Crippen molar-refractivity contribution in [1.29, 1.82) is 0 Å². The summed E-state index contributed by atoms with van der Waals surface area (Å²) in [5, 5.41) is 11.9. The summed E-state index contributed by atoms with van der Waals surface area (Å²) < 4.78 is 5.17. The fourth-order valence-corrected chi connectivity index (χ4v) is 2.01. The van der Waals surface area contributed by atoms with Crippen LogP contribution in [0.1, 0.15) is 17.3 Å². The first-order valence-corrected chi connectivity index (χ1v) is 5.91. The van der Waals surface area contributed by atoms with E-state index in [9.17, 15) is 14.7 Å². The van der Waals surface area contributed by atoms with Gasteiger partial charge in [-0.25, -0.2) is 0 Å². The smallest absolute Gasteiger partial charge is 0.313 e. The average Bonchev–Trinajstić information content (AvgIpc) is 2.72. The van der Waals surface area contributed by atoms with Crippen LogP contribution >= 0.6 is 0 Å². The first-order chi connectivity index (χ1) is 8.93. The minimum absolute atomic E-state index is 0.0875. The molecule has 0 radical (unpaired) electrons. The van der Waals surface area contributed by atoms with E-state index in [2.05, 4.69) is 5.32 Å². The molecule has 2 rings (SSSR count). The number of anilines is 1. The highest BCUT2D eigenvalue weighted by molar-refractivity contribution is 5.95. The fourth-order valence-electron chi connectivity index (χ4n) is 2.01. The van der Waals surface area contributed by atoms with Gasteiger partial charge in [-0.2, -0.15) is 0 Å². The highest BCUT2D eigenvalue weighted by Crippen LogP contribution is 2.29. The number of carbonyl (C=O) groups excluding carboxylic acids is 1. The Morgan fingerprint density at radius 3 is 2.89 bits per heavy atom. The summed E-state index contributed by atoms with van der Waals surface area (Å²) in [7, 11) is 0. The van der Waals surface area contributed by atoms with Gasteiger partial charge in [-0.1, -0.05) is 6.07 Å². The topological polar surface area (TPSA) is 102 Å². The van der Waals surface area contributed by atoms with Gasteiger partial charge >= 0.3 is 5.97 Å². The molecule has 0 bridgehead atoms. The number of ether oxygens (including phenoxy) is 1. The molecule has 102 valence electrons. The van der Waals surface area contributed by atoms with Crippen molar-refractivity contribution in [3.8, 4) is 0 Å². The number of hydrogen-bond acceptors (Lipinski definition) is 4. The SMILES string of the molecule is CC1(C(=O)O)COCC1NC(=O)c1cccc(N)c1. The van der Waals surface area contributed by atoms with Crippen molar-refractivity contribution in [3.05, 3.63) is 29.8 Å². The highest BCUT2D eigenvalue weighted by atomic mass is 16.5. The molecular formula is C13H16N2O4. The standard InChI is InChI=1S/C13H16N2O4/c1-13(12(17)18)7-19-6-10(13)15-11(16)8-3-2-4-9(14)5-8/h2-5,10H,6-7,14H2,1H3,(H,15,16)(H,17,18). The van der Waals surface area contributed by atoms with Gasteiger partial charge in [0.25, 0.3) is 5.91 Å². The number of aliphatic carboxylic acids is 1. The number of carbonyl (C=O) groups is 2. The van der Waals surface area contributed by atoms with E-state index in [0.717, 1.165) is 0 Å². The van der Waals surface area contributed by atoms with Crippen LogP contribution in [-0.4, -0.2) is 36.2 Å². The van der Waals surface area contributed by atoms with Crippen molar-refractivity contribution in [3.63, 3.8) is 0 Å². The largest absolute Gasteiger partial charge is 0.481 e. The second-order valence-electron chi connectivity index (χ2n) is 4.89.